The molecular formula is C28H50ClFI2N2-2. The zero-order valence-corrected chi connectivity index (χ0v) is 27.3. The van der Waals surface area contributed by atoms with Crippen LogP contribution in [0.15, 0.2) is 34.4 Å². The number of rotatable bonds is 15. The van der Waals surface area contributed by atoms with Crippen molar-refractivity contribution >= 4 is 11.6 Å². The minimum atomic E-state index is -2.22. The molecule has 0 spiro atoms. The van der Waals surface area contributed by atoms with Gasteiger partial charge >= 0.3 is 232 Å². The number of nitrogens with zero attached hydrogens (tertiary/aromatic N) is 1. The molecule has 0 radical (unpaired) electrons. The van der Waals surface area contributed by atoms with Crippen LogP contribution in [0.3, 0.4) is 0 Å². The summed E-state index contributed by atoms with van der Waals surface area (Å²) < 4.78 is 22.0. The molecule has 3 unspecified atom stereocenters. The van der Waals surface area contributed by atoms with E-state index in [2.05, 4.69) is 47.9 Å². The minimum absolute atomic E-state index is 0.207. The average molecular weight is 723 g/mol. The first-order valence-corrected chi connectivity index (χ1v) is 22.7. The fourth-order valence-electron chi connectivity index (χ4n) is 5.02. The van der Waals surface area contributed by atoms with Crippen LogP contribution in [-0.4, -0.2) is 44.6 Å². The predicted octanol–water partition coefficient (Wildman–Crippen LogP) is 1.14. The fraction of sp³-hybridized carbons (Fsp3) is 0.786. The van der Waals surface area contributed by atoms with E-state index in [1.165, 1.54) is 39.5 Å². The number of alkyl halides is 6. The third-order valence-electron chi connectivity index (χ3n) is 7.62. The molecule has 1 fully saturated rings. The van der Waals surface area contributed by atoms with Crippen molar-refractivity contribution in [1.29, 1.82) is 0 Å². The third kappa shape index (κ3) is 9.94. The van der Waals surface area contributed by atoms with E-state index in [4.69, 9.17) is 17.3 Å². The molecule has 1 heterocycles. The van der Waals surface area contributed by atoms with Gasteiger partial charge in [0.15, 0.2) is 0 Å². The summed E-state index contributed by atoms with van der Waals surface area (Å²) in [5, 5.41) is 0.946. The molecule has 2 aliphatic rings. The molecule has 34 heavy (non-hydrogen) atoms. The van der Waals surface area contributed by atoms with E-state index in [-0.39, 0.29) is 31.4 Å². The number of hydrogen-bond donors (Lipinski definition) is 1. The van der Waals surface area contributed by atoms with Crippen LogP contribution in [0.25, 0.3) is 0 Å². The van der Waals surface area contributed by atoms with Crippen molar-refractivity contribution in [3.63, 3.8) is 0 Å². The summed E-state index contributed by atoms with van der Waals surface area (Å²) in [7, 11) is 0. The molecule has 0 saturated carbocycles. The van der Waals surface area contributed by atoms with Gasteiger partial charge in [-0.1, -0.05) is 0 Å². The molecule has 1 aliphatic carbocycles. The van der Waals surface area contributed by atoms with Crippen molar-refractivity contribution in [3.05, 3.63) is 34.4 Å². The Balaban J connectivity index is 1.90. The van der Waals surface area contributed by atoms with E-state index in [9.17, 15) is 0 Å². The van der Waals surface area contributed by atoms with E-state index in [0.717, 1.165) is 54.4 Å². The van der Waals surface area contributed by atoms with Gasteiger partial charge < -0.3 is 0 Å². The molecule has 0 aromatic rings. The number of allylic oxidation sites excluding steroid dienone is 5. The van der Waals surface area contributed by atoms with Gasteiger partial charge in [0.2, 0.25) is 0 Å². The molecule has 2 rings (SSSR count). The van der Waals surface area contributed by atoms with Crippen LogP contribution in [0, 0.1) is 11.8 Å². The first-order valence-electron chi connectivity index (χ1n) is 13.3. The van der Waals surface area contributed by atoms with Crippen LogP contribution < -0.4 is 45.6 Å². The molecule has 1 aliphatic heterocycles. The standard InChI is InChI=1S/C28H50ClFI2N2/c1-6-23(25-10-13-26(29)14-11-25)12-15-28(33)32(5,8-3)18-16-27(30)24(7-2)20-22(4)21-34-19-9-17-31-34/h10,12-13,22,24,27-28H,6-9,11,14-21,33H2,1-5H3/q-2/b23-12+/t22-,24?,27-,28?/m1/s1. The maximum atomic E-state index is 15.5. The van der Waals surface area contributed by atoms with Gasteiger partial charge in [0.05, 0.1) is 0 Å². The molecule has 1 saturated heterocycles. The Morgan fingerprint density at radius 2 is 2.06 bits per heavy atom. The number of nitrogens with two attached hydrogens (primary N) is 1. The number of hydrogen-bond acceptors (Lipinski definition) is 2. The summed E-state index contributed by atoms with van der Waals surface area (Å²) in [6.07, 6.45) is 13.9. The zero-order valence-electron chi connectivity index (χ0n) is 22.3. The monoisotopic (exact) mass is 722 g/mol. The van der Waals surface area contributed by atoms with Crippen molar-refractivity contribution < 1.29 is 44.3 Å². The van der Waals surface area contributed by atoms with E-state index >= 15 is 4.39 Å². The quantitative estimate of drug-likeness (QED) is 0.119. The molecule has 0 amide bonds. The fourth-order valence-corrected chi connectivity index (χ4v) is 14.4. The van der Waals surface area contributed by atoms with Crippen molar-refractivity contribution in [2.75, 3.05) is 31.3 Å². The second kappa shape index (κ2) is 15.9. The Hall–Kier alpha value is 0.820. The van der Waals surface area contributed by atoms with Crippen LogP contribution in [0.1, 0.15) is 79.1 Å². The van der Waals surface area contributed by atoms with E-state index in [0.29, 0.717) is 5.92 Å². The van der Waals surface area contributed by atoms with Crippen LogP contribution in [0.2, 0.25) is 0 Å². The summed E-state index contributed by atoms with van der Waals surface area (Å²) in [5.41, 5.74) is 9.66. The van der Waals surface area contributed by atoms with Crippen molar-refractivity contribution in [1.82, 2.24) is 3.11 Å². The molecule has 2 N–H and O–H groups in total. The second-order valence-electron chi connectivity index (χ2n) is 10.2. The summed E-state index contributed by atoms with van der Waals surface area (Å²) in [6.45, 7) is 11.5. The first kappa shape index (κ1) is 31.0. The molecule has 202 valence electrons. The predicted molar refractivity (Wildman–Crippen MR) is 142 cm³/mol. The van der Waals surface area contributed by atoms with Gasteiger partial charge in [0.1, 0.15) is 0 Å². The van der Waals surface area contributed by atoms with Crippen molar-refractivity contribution in [2.45, 2.75) is 89.3 Å². The Morgan fingerprint density at radius 1 is 1.29 bits per heavy atom. The van der Waals surface area contributed by atoms with Gasteiger partial charge in [-0.3, -0.25) is 0 Å². The Labute approximate surface area is 229 Å². The Morgan fingerprint density at radius 3 is 2.62 bits per heavy atom. The third-order valence-corrected chi connectivity index (χ3v) is 22.0. The zero-order chi connectivity index (χ0) is 25.1. The summed E-state index contributed by atoms with van der Waals surface area (Å²) in [6, 6.07) is 0. The van der Waals surface area contributed by atoms with Crippen LogP contribution in [0.4, 0.5) is 4.39 Å². The van der Waals surface area contributed by atoms with Gasteiger partial charge in [-0.05, 0) is 0 Å². The topological polar surface area (TPSA) is 29.3 Å². The van der Waals surface area contributed by atoms with Crippen molar-refractivity contribution in [2.24, 2.45) is 17.6 Å². The van der Waals surface area contributed by atoms with Gasteiger partial charge in [0.25, 0.3) is 0 Å². The summed E-state index contributed by atoms with van der Waals surface area (Å²) >= 11 is 4.19. The van der Waals surface area contributed by atoms with Gasteiger partial charge in [0, 0.05) is 0 Å². The number of halogens is 4. The molecule has 2 nitrogen and oxygen atoms in total. The van der Waals surface area contributed by atoms with Crippen LogP contribution >= 0.6 is 11.6 Å². The Kier molecular flexibility index (Phi) is 14.5. The van der Waals surface area contributed by atoms with Gasteiger partial charge in [-0.15, -0.1) is 0 Å². The second-order valence-corrected chi connectivity index (χ2v) is 25.1. The van der Waals surface area contributed by atoms with Crippen LogP contribution in [-0.2, 0) is 0 Å². The summed E-state index contributed by atoms with van der Waals surface area (Å²) in [5.74, 6) is 0.817. The maximum absolute atomic E-state index is 15.5. The molecule has 0 bridgehead atoms. The van der Waals surface area contributed by atoms with Crippen molar-refractivity contribution in [3.8, 4) is 0 Å². The molecule has 6 heteroatoms. The first-order chi connectivity index (χ1) is 16.2. The Bertz CT molecular complexity index is 705. The summed E-state index contributed by atoms with van der Waals surface area (Å²) in [4.78, 5) is 2.45. The van der Waals surface area contributed by atoms with E-state index in [1.807, 2.05) is 6.08 Å². The van der Waals surface area contributed by atoms with Crippen LogP contribution in [0.5, 0.6) is 0 Å². The van der Waals surface area contributed by atoms with Gasteiger partial charge in [-0.25, -0.2) is 0 Å². The SMILES string of the molecule is CC/C(=C\CC(N)[I-](C)(CC)CC[C@@H](F)C(CC)C[C@@H](C)CN1CCC[I-]1)C1=CC=C(Cl)CC1. The van der Waals surface area contributed by atoms with Gasteiger partial charge in [-0.2, -0.15) is 0 Å². The normalized spacial score (nSPS) is 24.3. The molecule has 0 aromatic heterocycles. The molecule has 0 aromatic carbocycles. The van der Waals surface area contributed by atoms with E-state index < -0.39 is 24.6 Å². The average Bonchev–Trinajstić information content (AvgIpc) is 3.34. The molecule has 5 atom stereocenters. The van der Waals surface area contributed by atoms with E-state index in [1.54, 1.807) is 0 Å². The molecular weight excluding hydrogens is 673 g/mol.